The number of amides is 2. The maximum absolute atomic E-state index is 13.5. The van der Waals surface area contributed by atoms with Crippen LogP contribution in [0.15, 0.2) is 83.7 Å². The van der Waals surface area contributed by atoms with Gasteiger partial charge in [-0.05, 0) is 42.8 Å². The Kier molecular flexibility index (Phi) is 6.40. The first-order valence-electron chi connectivity index (χ1n) is 10.8. The molecule has 1 heterocycles. The molecule has 33 heavy (non-hydrogen) atoms. The molecule has 168 valence electrons. The Morgan fingerprint density at radius 2 is 1.70 bits per heavy atom. The predicted molar refractivity (Wildman–Crippen MR) is 130 cm³/mol. The number of methoxy groups -OCH3 is 1. The van der Waals surface area contributed by atoms with Crippen LogP contribution in [0.5, 0.6) is 5.75 Å². The summed E-state index contributed by atoms with van der Waals surface area (Å²) in [5, 5.41) is 3.43. The van der Waals surface area contributed by atoms with Gasteiger partial charge in [-0.15, -0.1) is 0 Å². The van der Waals surface area contributed by atoms with Crippen molar-refractivity contribution in [2.75, 3.05) is 19.5 Å². The molecule has 1 N–H and O–H groups in total. The number of fused-ring (bicyclic) bond motifs is 1. The van der Waals surface area contributed by atoms with Gasteiger partial charge in [-0.3, -0.25) is 9.36 Å². The summed E-state index contributed by atoms with van der Waals surface area (Å²) in [7, 11) is 3.26. The Hall–Kier alpha value is -4.13. The number of anilines is 1. The largest absolute Gasteiger partial charge is 0.495 e. The Labute approximate surface area is 192 Å². The summed E-state index contributed by atoms with van der Waals surface area (Å²) in [5.74, 6) is 1.07. The first-order chi connectivity index (χ1) is 16.0. The van der Waals surface area contributed by atoms with Gasteiger partial charge in [0.2, 0.25) is 0 Å². The maximum Gasteiger partial charge on any atom is 0.322 e. The van der Waals surface area contributed by atoms with Crippen molar-refractivity contribution in [1.82, 2.24) is 14.5 Å². The number of ether oxygens (including phenoxy) is 1. The van der Waals surface area contributed by atoms with Crippen LogP contribution in [0.3, 0.4) is 0 Å². The van der Waals surface area contributed by atoms with Crippen molar-refractivity contribution in [3.05, 3.63) is 95.0 Å². The zero-order chi connectivity index (χ0) is 23.4. The standard InChI is InChI=1S/C26H26N4O3/c1-4-22(29(2)26(32)28-21-16-10-11-17-23(21)33-3)24-27-20-15-9-8-14-19(20)25(31)30(24)18-12-6-5-7-13-18/h5-17,22H,4H2,1-3H3,(H,28,32). The minimum absolute atomic E-state index is 0.168. The smallest absolute Gasteiger partial charge is 0.322 e. The lowest BCUT2D eigenvalue weighted by Crippen LogP contribution is -2.38. The summed E-state index contributed by atoms with van der Waals surface area (Å²) in [6, 6.07) is 23.1. The van der Waals surface area contributed by atoms with Crippen LogP contribution in [0.1, 0.15) is 25.2 Å². The number of hydrogen-bond donors (Lipinski definition) is 1. The molecule has 7 nitrogen and oxygen atoms in total. The van der Waals surface area contributed by atoms with E-state index < -0.39 is 6.04 Å². The van der Waals surface area contributed by atoms with Crippen molar-refractivity contribution in [3.8, 4) is 11.4 Å². The van der Waals surface area contributed by atoms with E-state index in [1.165, 1.54) is 0 Å². The normalized spacial score (nSPS) is 11.7. The summed E-state index contributed by atoms with van der Waals surface area (Å²) < 4.78 is 6.95. The van der Waals surface area contributed by atoms with Crippen molar-refractivity contribution in [1.29, 1.82) is 0 Å². The lowest BCUT2D eigenvalue weighted by molar-refractivity contribution is 0.199. The number of para-hydroxylation sites is 4. The fraction of sp³-hybridized carbons (Fsp3) is 0.192. The van der Waals surface area contributed by atoms with Crippen molar-refractivity contribution < 1.29 is 9.53 Å². The van der Waals surface area contributed by atoms with Crippen LogP contribution in [-0.2, 0) is 0 Å². The number of aromatic nitrogens is 2. The molecule has 0 aliphatic carbocycles. The summed E-state index contributed by atoms with van der Waals surface area (Å²) in [6.07, 6.45) is 0.563. The number of hydrogen-bond acceptors (Lipinski definition) is 4. The molecule has 0 aliphatic heterocycles. The average Bonchev–Trinajstić information content (AvgIpc) is 2.85. The lowest BCUT2D eigenvalue weighted by Gasteiger charge is -2.29. The van der Waals surface area contributed by atoms with Crippen molar-refractivity contribution in [3.63, 3.8) is 0 Å². The molecule has 0 saturated heterocycles. The third-order valence-electron chi connectivity index (χ3n) is 5.64. The van der Waals surface area contributed by atoms with Crippen LogP contribution in [0.25, 0.3) is 16.6 Å². The van der Waals surface area contributed by atoms with Crippen molar-refractivity contribution in [2.24, 2.45) is 0 Å². The number of benzene rings is 3. The zero-order valence-corrected chi connectivity index (χ0v) is 18.9. The fourth-order valence-corrected chi connectivity index (χ4v) is 3.92. The Bertz CT molecular complexity index is 1330. The van der Waals surface area contributed by atoms with Gasteiger partial charge >= 0.3 is 6.03 Å². The van der Waals surface area contributed by atoms with E-state index in [1.54, 1.807) is 41.8 Å². The number of urea groups is 1. The monoisotopic (exact) mass is 442 g/mol. The van der Waals surface area contributed by atoms with Crippen molar-refractivity contribution in [2.45, 2.75) is 19.4 Å². The topological polar surface area (TPSA) is 76.5 Å². The van der Waals surface area contributed by atoms with Gasteiger partial charge < -0.3 is 15.0 Å². The molecule has 1 atom stereocenters. The van der Waals surface area contributed by atoms with E-state index in [0.29, 0.717) is 40.3 Å². The third kappa shape index (κ3) is 4.30. The van der Waals surface area contributed by atoms with Crippen molar-refractivity contribution >= 4 is 22.6 Å². The second kappa shape index (κ2) is 9.56. The molecule has 1 unspecified atom stereocenters. The van der Waals surface area contributed by atoms with E-state index in [1.807, 2.05) is 67.6 Å². The van der Waals surface area contributed by atoms with Gasteiger partial charge in [0.05, 0.1) is 35.4 Å². The Morgan fingerprint density at radius 3 is 2.42 bits per heavy atom. The first kappa shape index (κ1) is 22.1. The molecule has 0 spiro atoms. The molecule has 2 amide bonds. The van der Waals surface area contributed by atoms with E-state index in [4.69, 9.17) is 9.72 Å². The Morgan fingerprint density at radius 1 is 1.03 bits per heavy atom. The van der Waals surface area contributed by atoms with Gasteiger partial charge in [0.15, 0.2) is 0 Å². The van der Waals surface area contributed by atoms with E-state index in [9.17, 15) is 9.59 Å². The van der Waals surface area contributed by atoms with Gasteiger partial charge in [-0.25, -0.2) is 9.78 Å². The number of carbonyl (C=O) groups excluding carboxylic acids is 1. The van der Waals surface area contributed by atoms with Crippen LogP contribution in [0.2, 0.25) is 0 Å². The quantitative estimate of drug-likeness (QED) is 0.455. The minimum Gasteiger partial charge on any atom is -0.495 e. The number of nitrogens with one attached hydrogen (secondary N) is 1. The molecule has 0 bridgehead atoms. The number of rotatable bonds is 6. The highest BCUT2D eigenvalue weighted by Crippen LogP contribution is 2.27. The highest BCUT2D eigenvalue weighted by atomic mass is 16.5. The molecule has 1 aromatic heterocycles. The molecule has 4 aromatic rings. The first-order valence-corrected chi connectivity index (χ1v) is 10.8. The molecule has 0 radical (unpaired) electrons. The zero-order valence-electron chi connectivity index (χ0n) is 18.9. The van der Waals surface area contributed by atoms with Gasteiger partial charge in [-0.1, -0.05) is 49.4 Å². The molecule has 0 aliphatic rings. The molecule has 3 aromatic carbocycles. The average molecular weight is 443 g/mol. The van der Waals surface area contributed by atoms with E-state index >= 15 is 0 Å². The van der Waals surface area contributed by atoms with Crippen LogP contribution in [0, 0.1) is 0 Å². The van der Waals surface area contributed by atoms with Gasteiger partial charge in [0.25, 0.3) is 5.56 Å². The van der Waals surface area contributed by atoms with E-state index in [2.05, 4.69) is 5.32 Å². The molecule has 0 saturated carbocycles. The summed E-state index contributed by atoms with van der Waals surface area (Å²) in [6.45, 7) is 1.97. The highest BCUT2D eigenvalue weighted by molar-refractivity contribution is 5.91. The highest BCUT2D eigenvalue weighted by Gasteiger charge is 2.27. The third-order valence-corrected chi connectivity index (χ3v) is 5.64. The fourth-order valence-electron chi connectivity index (χ4n) is 3.92. The molecule has 0 fully saturated rings. The van der Waals surface area contributed by atoms with E-state index in [0.717, 1.165) is 0 Å². The molecular formula is C26H26N4O3. The van der Waals surface area contributed by atoms with Crippen LogP contribution in [0.4, 0.5) is 10.5 Å². The van der Waals surface area contributed by atoms with Gasteiger partial charge in [-0.2, -0.15) is 0 Å². The van der Waals surface area contributed by atoms with Crippen LogP contribution >= 0.6 is 0 Å². The summed E-state index contributed by atoms with van der Waals surface area (Å²) >= 11 is 0. The second-order valence-electron chi connectivity index (χ2n) is 7.63. The predicted octanol–water partition coefficient (Wildman–Crippen LogP) is 5.01. The number of nitrogens with zero attached hydrogens (tertiary/aromatic N) is 3. The lowest BCUT2D eigenvalue weighted by atomic mass is 10.1. The molecule has 4 rings (SSSR count). The number of carbonyl (C=O) groups is 1. The summed E-state index contributed by atoms with van der Waals surface area (Å²) in [5.41, 5.74) is 1.70. The van der Waals surface area contributed by atoms with Crippen LogP contribution in [-0.4, -0.2) is 34.6 Å². The Balaban J connectivity index is 1.80. The minimum atomic E-state index is -0.447. The summed E-state index contributed by atoms with van der Waals surface area (Å²) in [4.78, 5) is 33.1. The van der Waals surface area contributed by atoms with Gasteiger partial charge in [0.1, 0.15) is 11.6 Å². The van der Waals surface area contributed by atoms with E-state index in [-0.39, 0.29) is 11.6 Å². The SMILES string of the molecule is CCC(c1nc2ccccc2c(=O)n1-c1ccccc1)N(C)C(=O)Nc1ccccc1OC. The molecular weight excluding hydrogens is 416 g/mol. The van der Waals surface area contributed by atoms with Crippen LogP contribution < -0.4 is 15.6 Å². The maximum atomic E-state index is 13.5. The second-order valence-corrected chi connectivity index (χ2v) is 7.63. The molecule has 7 heteroatoms. The van der Waals surface area contributed by atoms with Gasteiger partial charge in [0, 0.05) is 7.05 Å².